The zero-order chi connectivity index (χ0) is 16.4. The second-order valence-electron chi connectivity index (χ2n) is 5.86. The van der Waals surface area contributed by atoms with E-state index in [4.69, 9.17) is 4.52 Å². The van der Waals surface area contributed by atoms with Gasteiger partial charge in [-0.2, -0.15) is 0 Å². The van der Waals surface area contributed by atoms with Gasteiger partial charge in [0.05, 0.1) is 17.9 Å². The van der Waals surface area contributed by atoms with Gasteiger partial charge < -0.3 is 9.84 Å². The van der Waals surface area contributed by atoms with Gasteiger partial charge in [0, 0.05) is 18.2 Å². The van der Waals surface area contributed by atoms with E-state index in [0.29, 0.717) is 18.2 Å². The molecule has 122 valence electrons. The summed E-state index contributed by atoms with van der Waals surface area (Å²) in [4.78, 5) is 12.2. The standard InChI is InChI=1S/C16H18N2O4S/c1-23(20,21)14-6-2-11(3-7-14)8-16(19)17-10-13-9-15(22-18-13)12-4-5-12/h2-3,6-7,9,12H,4-5,8,10H2,1H3,(H,17,19). The van der Waals surface area contributed by atoms with E-state index in [1.165, 1.54) is 12.1 Å². The van der Waals surface area contributed by atoms with Crippen molar-refractivity contribution in [3.05, 3.63) is 47.3 Å². The highest BCUT2D eigenvalue weighted by Crippen LogP contribution is 2.40. The van der Waals surface area contributed by atoms with E-state index in [1.54, 1.807) is 12.1 Å². The Hall–Kier alpha value is -2.15. The topological polar surface area (TPSA) is 89.3 Å². The van der Waals surface area contributed by atoms with Gasteiger partial charge in [-0.25, -0.2) is 8.42 Å². The maximum Gasteiger partial charge on any atom is 0.224 e. The Labute approximate surface area is 134 Å². The fraction of sp³-hybridized carbons (Fsp3) is 0.375. The van der Waals surface area contributed by atoms with Gasteiger partial charge in [-0.05, 0) is 30.5 Å². The van der Waals surface area contributed by atoms with Crippen LogP contribution in [0.3, 0.4) is 0 Å². The smallest absolute Gasteiger partial charge is 0.224 e. The monoisotopic (exact) mass is 334 g/mol. The largest absolute Gasteiger partial charge is 0.361 e. The van der Waals surface area contributed by atoms with Crippen LogP contribution in [0, 0.1) is 0 Å². The second kappa shape index (κ2) is 6.16. The number of hydrogen-bond acceptors (Lipinski definition) is 5. The van der Waals surface area contributed by atoms with Crippen molar-refractivity contribution in [2.45, 2.75) is 36.6 Å². The lowest BCUT2D eigenvalue weighted by atomic mass is 10.1. The van der Waals surface area contributed by atoms with E-state index in [2.05, 4.69) is 10.5 Å². The zero-order valence-electron chi connectivity index (χ0n) is 12.8. The molecule has 1 aliphatic rings. The lowest BCUT2D eigenvalue weighted by Gasteiger charge is -2.04. The molecule has 0 aliphatic heterocycles. The van der Waals surface area contributed by atoms with Gasteiger partial charge >= 0.3 is 0 Å². The summed E-state index contributed by atoms with van der Waals surface area (Å²) in [6.45, 7) is 0.330. The van der Waals surface area contributed by atoms with Crippen molar-refractivity contribution in [3.8, 4) is 0 Å². The molecular formula is C16H18N2O4S. The molecule has 1 N–H and O–H groups in total. The van der Waals surface area contributed by atoms with Gasteiger partial charge in [-0.15, -0.1) is 0 Å². The van der Waals surface area contributed by atoms with Crippen LogP contribution in [0.5, 0.6) is 0 Å². The highest BCUT2D eigenvalue weighted by molar-refractivity contribution is 7.90. The number of rotatable bonds is 6. The number of sulfone groups is 1. The Morgan fingerprint density at radius 3 is 2.61 bits per heavy atom. The number of nitrogens with zero attached hydrogens (tertiary/aromatic N) is 1. The Bertz CT molecular complexity index is 805. The van der Waals surface area contributed by atoms with Crippen LogP contribution >= 0.6 is 0 Å². The molecule has 3 rings (SSSR count). The molecule has 1 aromatic heterocycles. The number of aromatic nitrogens is 1. The minimum atomic E-state index is -3.21. The van der Waals surface area contributed by atoms with Gasteiger partial charge in [0.25, 0.3) is 0 Å². The summed E-state index contributed by atoms with van der Waals surface area (Å²) in [7, 11) is -3.21. The number of carbonyl (C=O) groups excluding carboxylic acids is 1. The van der Waals surface area contributed by atoms with Crippen LogP contribution in [0.1, 0.15) is 35.8 Å². The molecule has 1 aromatic carbocycles. The van der Waals surface area contributed by atoms with Crippen molar-refractivity contribution < 1.29 is 17.7 Å². The summed E-state index contributed by atoms with van der Waals surface area (Å²) < 4.78 is 28.0. The van der Waals surface area contributed by atoms with Crippen molar-refractivity contribution in [2.75, 3.05) is 6.26 Å². The van der Waals surface area contributed by atoms with Crippen molar-refractivity contribution in [2.24, 2.45) is 0 Å². The van der Waals surface area contributed by atoms with Gasteiger partial charge in [-0.1, -0.05) is 17.3 Å². The first-order valence-electron chi connectivity index (χ1n) is 7.43. The molecule has 1 fully saturated rings. The molecule has 0 saturated heterocycles. The summed E-state index contributed by atoms with van der Waals surface area (Å²) in [5.74, 6) is 1.25. The average molecular weight is 334 g/mol. The lowest BCUT2D eigenvalue weighted by molar-refractivity contribution is -0.120. The van der Waals surface area contributed by atoms with Gasteiger partial charge in [-0.3, -0.25) is 4.79 Å². The Balaban J connectivity index is 1.52. The minimum Gasteiger partial charge on any atom is -0.361 e. The van der Waals surface area contributed by atoms with Crippen LogP contribution in [0.4, 0.5) is 0 Å². The van der Waals surface area contributed by atoms with E-state index in [1.807, 2.05) is 6.07 Å². The molecule has 23 heavy (non-hydrogen) atoms. The van der Waals surface area contributed by atoms with E-state index < -0.39 is 9.84 Å². The normalized spacial score (nSPS) is 14.7. The number of benzene rings is 1. The highest BCUT2D eigenvalue weighted by Gasteiger charge is 2.27. The van der Waals surface area contributed by atoms with Crippen LogP contribution in [0.2, 0.25) is 0 Å². The quantitative estimate of drug-likeness (QED) is 0.870. The molecule has 1 heterocycles. The minimum absolute atomic E-state index is 0.145. The van der Waals surface area contributed by atoms with Crippen molar-refractivity contribution in [1.82, 2.24) is 10.5 Å². The van der Waals surface area contributed by atoms with Gasteiger partial charge in [0.2, 0.25) is 5.91 Å². The maximum absolute atomic E-state index is 11.9. The third-order valence-electron chi connectivity index (χ3n) is 3.74. The number of carbonyl (C=O) groups is 1. The lowest BCUT2D eigenvalue weighted by Crippen LogP contribution is -2.24. The predicted molar refractivity (Wildman–Crippen MR) is 83.6 cm³/mol. The number of hydrogen-bond donors (Lipinski definition) is 1. The summed E-state index contributed by atoms with van der Waals surface area (Å²) in [6, 6.07) is 8.21. The van der Waals surface area contributed by atoms with Crippen molar-refractivity contribution >= 4 is 15.7 Å². The van der Waals surface area contributed by atoms with Crippen LogP contribution in [0.15, 0.2) is 39.8 Å². The molecule has 6 nitrogen and oxygen atoms in total. The van der Waals surface area contributed by atoms with E-state index >= 15 is 0 Å². The van der Waals surface area contributed by atoms with Crippen LogP contribution in [-0.2, 0) is 27.6 Å². The first-order chi connectivity index (χ1) is 10.9. The van der Waals surface area contributed by atoms with E-state index in [0.717, 1.165) is 30.4 Å². The van der Waals surface area contributed by atoms with Crippen LogP contribution in [0.25, 0.3) is 0 Å². The zero-order valence-corrected chi connectivity index (χ0v) is 13.6. The Kier molecular flexibility index (Phi) is 4.21. The molecule has 0 radical (unpaired) electrons. The molecule has 0 unspecified atom stereocenters. The summed E-state index contributed by atoms with van der Waals surface area (Å²) >= 11 is 0. The Morgan fingerprint density at radius 1 is 1.30 bits per heavy atom. The highest BCUT2D eigenvalue weighted by atomic mass is 32.2. The molecule has 2 aromatic rings. The van der Waals surface area contributed by atoms with Gasteiger partial charge in [0.1, 0.15) is 11.5 Å². The predicted octanol–water partition coefficient (Wildman–Crippen LogP) is 1.81. The molecular weight excluding hydrogens is 316 g/mol. The van der Waals surface area contributed by atoms with Crippen molar-refractivity contribution in [1.29, 1.82) is 0 Å². The van der Waals surface area contributed by atoms with Gasteiger partial charge in [0.15, 0.2) is 9.84 Å². The van der Waals surface area contributed by atoms with Crippen molar-refractivity contribution in [3.63, 3.8) is 0 Å². The molecule has 0 bridgehead atoms. The SMILES string of the molecule is CS(=O)(=O)c1ccc(CC(=O)NCc2cc(C3CC3)on2)cc1. The molecule has 7 heteroatoms. The Morgan fingerprint density at radius 2 is 2.00 bits per heavy atom. The average Bonchev–Trinajstić information content (AvgIpc) is 3.24. The van der Waals surface area contributed by atoms with E-state index in [-0.39, 0.29) is 17.2 Å². The first kappa shape index (κ1) is 15.7. The molecule has 0 spiro atoms. The first-order valence-corrected chi connectivity index (χ1v) is 9.32. The maximum atomic E-state index is 11.9. The number of amides is 1. The summed E-state index contributed by atoms with van der Waals surface area (Å²) in [5, 5.41) is 6.72. The molecule has 1 amide bonds. The summed E-state index contributed by atoms with van der Waals surface area (Å²) in [6.07, 6.45) is 3.63. The second-order valence-corrected chi connectivity index (χ2v) is 7.88. The van der Waals surface area contributed by atoms with E-state index in [9.17, 15) is 13.2 Å². The molecule has 1 aliphatic carbocycles. The number of nitrogens with one attached hydrogen (secondary N) is 1. The fourth-order valence-electron chi connectivity index (χ4n) is 2.26. The fourth-order valence-corrected chi connectivity index (χ4v) is 2.89. The third kappa shape index (κ3) is 4.19. The molecule has 1 saturated carbocycles. The summed E-state index contributed by atoms with van der Waals surface area (Å²) in [5.41, 5.74) is 1.47. The van der Waals surface area contributed by atoms with Crippen LogP contribution < -0.4 is 5.32 Å². The van der Waals surface area contributed by atoms with Crippen LogP contribution in [-0.4, -0.2) is 25.7 Å². The molecule has 0 atom stereocenters. The third-order valence-corrected chi connectivity index (χ3v) is 4.87.